The van der Waals surface area contributed by atoms with Crippen molar-refractivity contribution in [3.63, 3.8) is 0 Å². The molecule has 0 atom stereocenters. The van der Waals surface area contributed by atoms with Crippen LogP contribution < -0.4 is 9.47 Å². The van der Waals surface area contributed by atoms with E-state index in [-0.39, 0.29) is 17.4 Å². The third kappa shape index (κ3) is 3.79. The Morgan fingerprint density at radius 1 is 1.03 bits per heavy atom. The largest absolute Gasteiger partial charge is 0.488 e. The molecule has 146 valence electrons. The number of hydrogen-bond donors (Lipinski definition) is 0. The maximum Gasteiger partial charge on any atom is 0.231 e. The molecule has 0 aromatic heterocycles. The summed E-state index contributed by atoms with van der Waals surface area (Å²) in [6.45, 7) is 6.41. The summed E-state index contributed by atoms with van der Waals surface area (Å²) >= 11 is 0. The summed E-state index contributed by atoms with van der Waals surface area (Å²) in [5, 5.41) is 0. The van der Waals surface area contributed by atoms with Gasteiger partial charge in [0, 0.05) is 5.56 Å². The first kappa shape index (κ1) is 18.9. The molecule has 1 aliphatic rings. The number of allylic oxidation sites excluding steroid dienone is 1. The summed E-state index contributed by atoms with van der Waals surface area (Å²) in [7, 11) is 0. The van der Waals surface area contributed by atoms with Gasteiger partial charge in [-0.05, 0) is 67.8 Å². The molecule has 0 fully saturated rings. The number of hydrogen-bond acceptors (Lipinski definition) is 3. The van der Waals surface area contributed by atoms with Gasteiger partial charge in [0.15, 0.2) is 5.76 Å². The van der Waals surface area contributed by atoms with Gasteiger partial charge in [-0.15, -0.1) is 0 Å². The molecule has 3 nitrogen and oxygen atoms in total. The van der Waals surface area contributed by atoms with Crippen molar-refractivity contribution < 1.29 is 18.7 Å². The third-order valence-corrected chi connectivity index (χ3v) is 5.07. The third-order valence-electron chi connectivity index (χ3n) is 5.07. The Morgan fingerprint density at radius 3 is 2.66 bits per heavy atom. The van der Waals surface area contributed by atoms with Gasteiger partial charge in [-0.1, -0.05) is 35.9 Å². The molecular formula is C25H21FO3. The monoisotopic (exact) mass is 388 g/mol. The van der Waals surface area contributed by atoms with Gasteiger partial charge in [0.25, 0.3) is 0 Å². The Morgan fingerprint density at radius 2 is 1.86 bits per heavy atom. The SMILES string of the molecule is Cc1ccc(C)c(COc2ccc3c(c2C)O/C(=C\c2cccc(F)c2)C3=O)c1. The summed E-state index contributed by atoms with van der Waals surface area (Å²) in [6.07, 6.45) is 1.56. The molecule has 0 unspecified atom stereocenters. The van der Waals surface area contributed by atoms with Crippen LogP contribution in [0.25, 0.3) is 6.08 Å². The number of aryl methyl sites for hydroxylation is 2. The van der Waals surface area contributed by atoms with E-state index in [0.717, 1.165) is 11.1 Å². The van der Waals surface area contributed by atoms with Crippen LogP contribution in [-0.2, 0) is 6.61 Å². The van der Waals surface area contributed by atoms with E-state index in [1.54, 1.807) is 30.3 Å². The van der Waals surface area contributed by atoms with E-state index < -0.39 is 0 Å². The van der Waals surface area contributed by atoms with E-state index >= 15 is 0 Å². The number of fused-ring (bicyclic) bond motifs is 1. The summed E-state index contributed by atoms with van der Waals surface area (Å²) < 4.78 is 25.3. The van der Waals surface area contributed by atoms with Crippen LogP contribution in [0, 0.1) is 26.6 Å². The number of carbonyl (C=O) groups is 1. The quantitative estimate of drug-likeness (QED) is 0.519. The first-order valence-corrected chi connectivity index (χ1v) is 9.45. The predicted molar refractivity (Wildman–Crippen MR) is 111 cm³/mol. The van der Waals surface area contributed by atoms with Crippen LogP contribution in [0.3, 0.4) is 0 Å². The lowest BCUT2D eigenvalue weighted by molar-refractivity contribution is 0.101. The minimum absolute atomic E-state index is 0.181. The van der Waals surface area contributed by atoms with Gasteiger partial charge in [0.05, 0.1) is 5.56 Å². The second-order valence-electron chi connectivity index (χ2n) is 7.28. The molecule has 4 heteroatoms. The number of rotatable bonds is 4. The van der Waals surface area contributed by atoms with Crippen LogP contribution in [0.1, 0.15) is 38.2 Å². The van der Waals surface area contributed by atoms with Gasteiger partial charge in [-0.2, -0.15) is 0 Å². The highest BCUT2D eigenvalue weighted by Crippen LogP contribution is 2.39. The van der Waals surface area contributed by atoms with Crippen molar-refractivity contribution in [3.8, 4) is 11.5 Å². The highest BCUT2D eigenvalue weighted by molar-refractivity contribution is 6.14. The van der Waals surface area contributed by atoms with E-state index in [2.05, 4.69) is 32.0 Å². The van der Waals surface area contributed by atoms with Gasteiger partial charge < -0.3 is 9.47 Å². The molecule has 1 heterocycles. The van der Waals surface area contributed by atoms with Crippen molar-refractivity contribution in [1.29, 1.82) is 0 Å². The molecular weight excluding hydrogens is 367 g/mol. The van der Waals surface area contributed by atoms with Crippen LogP contribution in [0.2, 0.25) is 0 Å². The first-order valence-electron chi connectivity index (χ1n) is 9.45. The van der Waals surface area contributed by atoms with E-state index in [0.29, 0.717) is 29.2 Å². The Labute approximate surface area is 169 Å². The van der Waals surface area contributed by atoms with Crippen molar-refractivity contribution in [2.24, 2.45) is 0 Å². The van der Waals surface area contributed by atoms with E-state index in [1.807, 2.05) is 6.92 Å². The maximum atomic E-state index is 13.4. The van der Waals surface area contributed by atoms with Crippen LogP contribution in [0.5, 0.6) is 11.5 Å². The molecule has 0 saturated heterocycles. The standard InChI is InChI=1S/C25H21FO3/c1-15-7-8-16(2)19(11-15)14-28-22-10-9-21-24(27)23(29-25(21)17(22)3)13-18-5-4-6-20(26)12-18/h4-13H,14H2,1-3H3/b23-13-. The second kappa shape index (κ2) is 7.55. The van der Waals surface area contributed by atoms with Gasteiger partial charge >= 0.3 is 0 Å². The van der Waals surface area contributed by atoms with Gasteiger partial charge in [0.2, 0.25) is 5.78 Å². The smallest absolute Gasteiger partial charge is 0.231 e. The van der Waals surface area contributed by atoms with Crippen molar-refractivity contribution in [2.75, 3.05) is 0 Å². The lowest BCUT2D eigenvalue weighted by Crippen LogP contribution is -2.00. The molecule has 0 spiro atoms. The Kier molecular flexibility index (Phi) is 4.93. The Hall–Kier alpha value is -3.40. The molecule has 4 rings (SSSR count). The summed E-state index contributed by atoms with van der Waals surface area (Å²) in [4.78, 5) is 12.7. The molecule has 29 heavy (non-hydrogen) atoms. The minimum atomic E-state index is -0.361. The fourth-order valence-corrected chi connectivity index (χ4v) is 3.38. The fraction of sp³-hybridized carbons (Fsp3) is 0.160. The van der Waals surface area contributed by atoms with Crippen molar-refractivity contribution in [3.05, 3.63) is 99.6 Å². The lowest BCUT2D eigenvalue weighted by atomic mass is 10.1. The normalized spacial score (nSPS) is 14.1. The van der Waals surface area contributed by atoms with E-state index in [4.69, 9.17) is 9.47 Å². The summed E-state index contributed by atoms with van der Waals surface area (Å²) in [5.41, 5.74) is 5.30. The van der Waals surface area contributed by atoms with Crippen LogP contribution >= 0.6 is 0 Å². The molecule has 3 aromatic carbocycles. The Balaban J connectivity index is 1.59. The van der Waals surface area contributed by atoms with E-state index in [9.17, 15) is 9.18 Å². The number of carbonyl (C=O) groups excluding carboxylic acids is 1. The molecule has 0 aliphatic carbocycles. The highest BCUT2D eigenvalue weighted by Gasteiger charge is 2.30. The number of halogens is 1. The van der Waals surface area contributed by atoms with Crippen molar-refractivity contribution in [2.45, 2.75) is 27.4 Å². The maximum absolute atomic E-state index is 13.4. The lowest BCUT2D eigenvalue weighted by Gasteiger charge is -2.13. The number of ketones is 1. The minimum Gasteiger partial charge on any atom is -0.488 e. The number of ether oxygens (including phenoxy) is 2. The Bertz CT molecular complexity index is 1140. The predicted octanol–water partition coefficient (Wildman–Crippen LogP) is 5.95. The average molecular weight is 388 g/mol. The number of benzene rings is 3. The molecule has 1 aliphatic heterocycles. The van der Waals surface area contributed by atoms with Crippen molar-refractivity contribution in [1.82, 2.24) is 0 Å². The molecule has 0 N–H and O–H groups in total. The molecule has 0 amide bonds. The van der Waals surface area contributed by atoms with Gasteiger partial charge in [-0.3, -0.25) is 4.79 Å². The first-order chi connectivity index (χ1) is 13.9. The topological polar surface area (TPSA) is 35.5 Å². The molecule has 0 radical (unpaired) electrons. The van der Waals surface area contributed by atoms with Crippen LogP contribution in [0.4, 0.5) is 4.39 Å². The zero-order valence-electron chi connectivity index (χ0n) is 16.6. The van der Waals surface area contributed by atoms with Gasteiger partial charge in [0.1, 0.15) is 23.9 Å². The van der Waals surface area contributed by atoms with Crippen LogP contribution in [-0.4, -0.2) is 5.78 Å². The number of Topliss-reactive ketones (excluding diaryl/α,β-unsaturated/α-hetero) is 1. The highest BCUT2D eigenvalue weighted by atomic mass is 19.1. The average Bonchev–Trinajstić information content (AvgIpc) is 3.00. The van der Waals surface area contributed by atoms with Crippen molar-refractivity contribution >= 4 is 11.9 Å². The second-order valence-corrected chi connectivity index (χ2v) is 7.28. The molecule has 0 saturated carbocycles. The molecule has 0 bridgehead atoms. The molecule has 3 aromatic rings. The fourth-order valence-electron chi connectivity index (χ4n) is 3.38. The van der Waals surface area contributed by atoms with Crippen LogP contribution in [0.15, 0.2) is 60.4 Å². The summed E-state index contributed by atoms with van der Waals surface area (Å²) in [6, 6.07) is 15.8. The zero-order valence-corrected chi connectivity index (χ0v) is 16.6. The van der Waals surface area contributed by atoms with Gasteiger partial charge in [-0.25, -0.2) is 4.39 Å². The summed E-state index contributed by atoms with van der Waals surface area (Å²) in [5.74, 6) is 0.773. The zero-order chi connectivity index (χ0) is 20.5. The van der Waals surface area contributed by atoms with E-state index in [1.165, 1.54) is 23.3 Å².